The molecule has 0 bridgehead atoms. The third kappa shape index (κ3) is 3.62. The summed E-state index contributed by atoms with van der Waals surface area (Å²) >= 11 is 0. The van der Waals surface area contributed by atoms with Gasteiger partial charge in [0.25, 0.3) is 0 Å². The van der Waals surface area contributed by atoms with E-state index in [0.29, 0.717) is 28.6 Å². The Morgan fingerprint density at radius 2 is 1.82 bits per heavy atom. The van der Waals surface area contributed by atoms with E-state index in [1.54, 1.807) is 18.2 Å². The highest BCUT2D eigenvalue weighted by Crippen LogP contribution is 2.29. The van der Waals surface area contributed by atoms with Gasteiger partial charge >= 0.3 is 0 Å². The number of piperidine rings is 1. The molecule has 0 unspecified atom stereocenters. The lowest BCUT2D eigenvalue weighted by molar-refractivity contribution is 0.249. The highest BCUT2D eigenvalue weighted by Gasteiger charge is 2.22. The molecule has 0 spiro atoms. The molecule has 3 aromatic rings. The van der Waals surface area contributed by atoms with Gasteiger partial charge in [-0.1, -0.05) is 6.07 Å². The third-order valence-electron chi connectivity index (χ3n) is 5.36. The van der Waals surface area contributed by atoms with Crippen molar-refractivity contribution < 1.29 is 8.78 Å². The van der Waals surface area contributed by atoms with Crippen LogP contribution in [0.4, 0.5) is 26.0 Å². The second-order valence-electron chi connectivity index (χ2n) is 7.33. The van der Waals surface area contributed by atoms with Crippen molar-refractivity contribution in [2.45, 2.75) is 18.9 Å². The Kier molecular flexibility index (Phi) is 5.09. The van der Waals surface area contributed by atoms with Crippen LogP contribution in [0.3, 0.4) is 0 Å². The number of fused-ring (bicyclic) bond motifs is 1. The molecule has 5 nitrogen and oxygen atoms in total. The van der Waals surface area contributed by atoms with Crippen LogP contribution < -0.4 is 10.2 Å². The SMILES string of the molecule is CN(C)C1CCN(c2ccc(Nc3ncnc4c(F)cccc34)cc2F)CC1. The zero-order valence-corrected chi connectivity index (χ0v) is 16.0. The number of rotatable bonds is 4. The van der Waals surface area contributed by atoms with Crippen molar-refractivity contribution >= 4 is 28.1 Å². The Labute approximate surface area is 163 Å². The first-order chi connectivity index (χ1) is 13.5. The number of aromatic nitrogens is 2. The molecular formula is C21H23F2N5. The van der Waals surface area contributed by atoms with E-state index < -0.39 is 5.82 Å². The summed E-state index contributed by atoms with van der Waals surface area (Å²) in [6.45, 7) is 1.67. The van der Waals surface area contributed by atoms with E-state index in [0.717, 1.165) is 25.9 Å². The van der Waals surface area contributed by atoms with Crippen molar-refractivity contribution in [2.75, 3.05) is 37.4 Å². The molecule has 2 aromatic carbocycles. The fraction of sp³-hybridized carbons (Fsp3) is 0.333. The van der Waals surface area contributed by atoms with Gasteiger partial charge in [-0.25, -0.2) is 18.7 Å². The van der Waals surface area contributed by atoms with Gasteiger partial charge in [0.2, 0.25) is 0 Å². The van der Waals surface area contributed by atoms with Gasteiger partial charge in [-0.15, -0.1) is 0 Å². The molecule has 1 saturated heterocycles. The van der Waals surface area contributed by atoms with Gasteiger partial charge in [0.05, 0.1) is 5.69 Å². The highest BCUT2D eigenvalue weighted by atomic mass is 19.1. The number of benzene rings is 2. The molecule has 4 rings (SSSR count). The molecule has 1 fully saturated rings. The first kappa shape index (κ1) is 18.6. The summed E-state index contributed by atoms with van der Waals surface area (Å²) < 4.78 is 28.7. The number of anilines is 3. The van der Waals surface area contributed by atoms with Gasteiger partial charge in [0.1, 0.15) is 29.3 Å². The van der Waals surface area contributed by atoms with Crippen molar-refractivity contribution in [3.05, 3.63) is 54.4 Å². The van der Waals surface area contributed by atoms with Gasteiger partial charge in [-0.05, 0) is 57.3 Å². The summed E-state index contributed by atoms with van der Waals surface area (Å²) in [4.78, 5) is 12.5. The lowest BCUT2D eigenvalue weighted by atomic mass is 10.0. The van der Waals surface area contributed by atoms with Gasteiger partial charge in [-0.3, -0.25) is 0 Å². The van der Waals surface area contributed by atoms with Crippen molar-refractivity contribution in [1.82, 2.24) is 14.9 Å². The van der Waals surface area contributed by atoms with E-state index in [1.807, 2.05) is 6.07 Å². The Bertz CT molecular complexity index is 984. The van der Waals surface area contributed by atoms with Crippen molar-refractivity contribution in [2.24, 2.45) is 0 Å². The molecule has 0 amide bonds. The first-order valence-electron chi connectivity index (χ1n) is 9.40. The van der Waals surface area contributed by atoms with Gasteiger partial charge < -0.3 is 15.1 Å². The van der Waals surface area contributed by atoms with Crippen LogP contribution in [0.15, 0.2) is 42.7 Å². The molecule has 2 heterocycles. The predicted molar refractivity (Wildman–Crippen MR) is 108 cm³/mol. The van der Waals surface area contributed by atoms with Crippen molar-refractivity contribution in [3.8, 4) is 0 Å². The summed E-state index contributed by atoms with van der Waals surface area (Å²) in [5, 5.41) is 3.64. The van der Waals surface area contributed by atoms with Crippen molar-refractivity contribution in [3.63, 3.8) is 0 Å². The summed E-state index contributed by atoms with van der Waals surface area (Å²) in [5.41, 5.74) is 1.41. The van der Waals surface area contributed by atoms with Crippen LogP contribution in [-0.4, -0.2) is 48.1 Å². The number of nitrogens with zero attached hydrogens (tertiary/aromatic N) is 4. The number of nitrogens with one attached hydrogen (secondary N) is 1. The number of hydrogen-bond donors (Lipinski definition) is 1. The van der Waals surface area contributed by atoms with Crippen LogP contribution in [0.1, 0.15) is 12.8 Å². The van der Waals surface area contributed by atoms with Crippen LogP contribution in [0.2, 0.25) is 0 Å². The summed E-state index contributed by atoms with van der Waals surface area (Å²) in [7, 11) is 4.17. The highest BCUT2D eigenvalue weighted by molar-refractivity contribution is 5.90. The molecule has 0 saturated carbocycles. The lowest BCUT2D eigenvalue weighted by Gasteiger charge is -2.36. The fourth-order valence-corrected chi connectivity index (χ4v) is 3.75. The molecule has 0 atom stereocenters. The quantitative estimate of drug-likeness (QED) is 0.732. The van der Waals surface area contributed by atoms with Crippen LogP contribution >= 0.6 is 0 Å². The summed E-state index contributed by atoms with van der Waals surface area (Å²) in [6, 6.07) is 10.3. The molecule has 28 heavy (non-hydrogen) atoms. The molecule has 1 aliphatic rings. The van der Waals surface area contributed by atoms with Crippen LogP contribution in [-0.2, 0) is 0 Å². The lowest BCUT2D eigenvalue weighted by Crippen LogP contribution is -2.42. The normalized spacial score (nSPS) is 15.4. The Balaban J connectivity index is 1.54. The minimum Gasteiger partial charge on any atom is -0.369 e. The minimum atomic E-state index is -0.411. The molecular weight excluding hydrogens is 360 g/mol. The number of halogens is 2. The molecule has 0 aliphatic carbocycles. The average Bonchev–Trinajstić information content (AvgIpc) is 2.69. The standard InChI is InChI=1S/C21H23F2N5/c1-27(2)15-8-10-28(11-9-15)19-7-6-14(12-18(19)23)26-21-16-4-3-5-17(22)20(16)24-13-25-21/h3-7,12-13,15H,8-11H2,1-2H3,(H,24,25,26). The summed E-state index contributed by atoms with van der Waals surface area (Å²) in [6.07, 6.45) is 3.34. The monoisotopic (exact) mass is 383 g/mol. The zero-order valence-electron chi connectivity index (χ0n) is 16.0. The van der Waals surface area contributed by atoms with Crippen molar-refractivity contribution in [1.29, 1.82) is 0 Å². The Morgan fingerprint density at radius 1 is 1.04 bits per heavy atom. The average molecular weight is 383 g/mol. The smallest absolute Gasteiger partial charge is 0.149 e. The third-order valence-corrected chi connectivity index (χ3v) is 5.36. The van der Waals surface area contributed by atoms with E-state index >= 15 is 0 Å². The Hall–Kier alpha value is -2.80. The molecule has 0 radical (unpaired) electrons. The maximum absolute atomic E-state index is 14.8. The molecule has 7 heteroatoms. The number of hydrogen-bond acceptors (Lipinski definition) is 5. The minimum absolute atomic E-state index is 0.237. The van der Waals surface area contributed by atoms with Gasteiger partial charge in [0, 0.05) is 30.2 Å². The predicted octanol–water partition coefficient (Wildman–Crippen LogP) is 4.18. The molecule has 1 aliphatic heterocycles. The zero-order chi connectivity index (χ0) is 19.7. The largest absolute Gasteiger partial charge is 0.369 e. The molecule has 146 valence electrons. The maximum atomic E-state index is 14.8. The van der Waals surface area contributed by atoms with Crippen LogP contribution in [0.25, 0.3) is 10.9 Å². The van der Waals surface area contributed by atoms with E-state index in [1.165, 1.54) is 18.5 Å². The second-order valence-corrected chi connectivity index (χ2v) is 7.33. The van der Waals surface area contributed by atoms with Gasteiger partial charge in [0.15, 0.2) is 0 Å². The maximum Gasteiger partial charge on any atom is 0.149 e. The van der Waals surface area contributed by atoms with E-state index in [4.69, 9.17) is 0 Å². The van der Waals surface area contributed by atoms with E-state index in [-0.39, 0.29) is 11.3 Å². The van der Waals surface area contributed by atoms with Crippen LogP contribution in [0.5, 0.6) is 0 Å². The fourth-order valence-electron chi connectivity index (χ4n) is 3.75. The van der Waals surface area contributed by atoms with E-state index in [9.17, 15) is 8.78 Å². The number of para-hydroxylation sites is 1. The first-order valence-corrected chi connectivity index (χ1v) is 9.40. The van der Waals surface area contributed by atoms with Gasteiger partial charge in [-0.2, -0.15) is 0 Å². The molecule has 1 aromatic heterocycles. The van der Waals surface area contributed by atoms with E-state index in [2.05, 4.69) is 39.2 Å². The molecule has 1 N–H and O–H groups in total. The second kappa shape index (κ2) is 7.67. The topological polar surface area (TPSA) is 44.3 Å². The Morgan fingerprint density at radius 3 is 2.54 bits per heavy atom. The van der Waals surface area contributed by atoms with Crippen LogP contribution in [0, 0.1) is 11.6 Å². The summed E-state index contributed by atoms with van der Waals surface area (Å²) in [5.74, 6) is -0.244.